The molecule has 0 bridgehead atoms. The first-order valence-electron chi connectivity index (χ1n) is 8.62. The summed E-state index contributed by atoms with van der Waals surface area (Å²) in [5.41, 5.74) is 1.81. The van der Waals surface area contributed by atoms with Crippen molar-refractivity contribution in [2.75, 3.05) is 24.5 Å². The first-order valence-corrected chi connectivity index (χ1v) is 9.42. The second-order valence-electron chi connectivity index (χ2n) is 6.48. The summed E-state index contributed by atoms with van der Waals surface area (Å²) in [6, 6.07) is 14.9. The molecule has 0 radical (unpaired) electrons. The fraction of sp³-hybridized carbons (Fsp3) is 0.350. The Labute approximate surface area is 156 Å². The van der Waals surface area contributed by atoms with E-state index in [-0.39, 0.29) is 11.7 Å². The Morgan fingerprint density at radius 2 is 2.08 bits per heavy atom. The van der Waals surface area contributed by atoms with Gasteiger partial charge in [-0.05, 0) is 48.6 Å². The zero-order valence-electron chi connectivity index (χ0n) is 14.1. The van der Waals surface area contributed by atoms with Gasteiger partial charge < -0.3 is 10.2 Å². The molecule has 1 amide bonds. The fourth-order valence-electron chi connectivity index (χ4n) is 3.20. The van der Waals surface area contributed by atoms with Crippen LogP contribution in [0, 0.1) is 11.7 Å². The summed E-state index contributed by atoms with van der Waals surface area (Å²) in [4.78, 5) is 14.4. The Balaban J connectivity index is 1.42. The average molecular weight is 405 g/mol. The fourth-order valence-corrected chi connectivity index (χ4v) is 3.59. The Morgan fingerprint density at radius 1 is 1.24 bits per heavy atom. The van der Waals surface area contributed by atoms with E-state index in [0.717, 1.165) is 24.0 Å². The second-order valence-corrected chi connectivity index (χ2v) is 7.39. The van der Waals surface area contributed by atoms with E-state index < -0.39 is 0 Å². The van der Waals surface area contributed by atoms with Gasteiger partial charge in [0.15, 0.2) is 0 Å². The Kier molecular flexibility index (Phi) is 6.08. The van der Waals surface area contributed by atoms with Gasteiger partial charge in [0.05, 0.1) is 0 Å². The second kappa shape index (κ2) is 8.48. The largest absolute Gasteiger partial charge is 0.371 e. The Morgan fingerprint density at radius 3 is 2.88 bits per heavy atom. The topological polar surface area (TPSA) is 32.3 Å². The Bertz CT molecular complexity index is 737. The van der Waals surface area contributed by atoms with Crippen LogP contribution in [-0.2, 0) is 11.2 Å². The predicted molar refractivity (Wildman–Crippen MR) is 102 cm³/mol. The van der Waals surface area contributed by atoms with Crippen molar-refractivity contribution in [3.63, 3.8) is 0 Å². The molecule has 0 aromatic heterocycles. The summed E-state index contributed by atoms with van der Waals surface area (Å²) in [7, 11) is 0. The molecule has 0 aliphatic carbocycles. The summed E-state index contributed by atoms with van der Waals surface area (Å²) in [6.45, 7) is 2.64. The van der Waals surface area contributed by atoms with E-state index in [1.807, 2.05) is 12.1 Å². The van der Waals surface area contributed by atoms with Gasteiger partial charge in [-0.3, -0.25) is 4.79 Å². The van der Waals surface area contributed by atoms with E-state index in [1.54, 1.807) is 18.2 Å². The van der Waals surface area contributed by atoms with Crippen LogP contribution in [0.5, 0.6) is 0 Å². The number of carbonyl (C=O) groups is 1. The molecule has 0 saturated carbocycles. The van der Waals surface area contributed by atoms with Crippen molar-refractivity contribution in [2.45, 2.75) is 19.3 Å². The van der Waals surface area contributed by atoms with E-state index >= 15 is 0 Å². The normalized spacial score (nSPS) is 16.9. The van der Waals surface area contributed by atoms with Crippen LogP contribution in [0.15, 0.2) is 53.0 Å². The number of nitrogens with zero attached hydrogens (tertiary/aromatic N) is 1. The molecule has 1 fully saturated rings. The van der Waals surface area contributed by atoms with Crippen molar-refractivity contribution in [1.82, 2.24) is 5.32 Å². The molecule has 1 aliphatic rings. The summed E-state index contributed by atoms with van der Waals surface area (Å²) in [5.74, 6) is 0.205. The third-order valence-electron chi connectivity index (χ3n) is 4.63. The van der Waals surface area contributed by atoms with Crippen LogP contribution < -0.4 is 10.2 Å². The molecule has 1 N–H and O–H groups in total. The van der Waals surface area contributed by atoms with Crippen LogP contribution in [0.4, 0.5) is 10.1 Å². The lowest BCUT2D eigenvalue weighted by Crippen LogP contribution is -2.31. The lowest BCUT2D eigenvalue weighted by molar-refractivity contribution is -0.121. The van der Waals surface area contributed by atoms with E-state index in [9.17, 15) is 9.18 Å². The van der Waals surface area contributed by atoms with Gasteiger partial charge in [0.25, 0.3) is 0 Å². The van der Waals surface area contributed by atoms with E-state index in [4.69, 9.17) is 0 Å². The molecular weight excluding hydrogens is 383 g/mol. The number of halogens is 2. The first-order chi connectivity index (χ1) is 12.1. The summed E-state index contributed by atoms with van der Waals surface area (Å²) in [5, 5.41) is 3.00. The molecule has 1 heterocycles. The van der Waals surface area contributed by atoms with Crippen LogP contribution >= 0.6 is 15.9 Å². The van der Waals surface area contributed by atoms with Crippen molar-refractivity contribution in [3.8, 4) is 0 Å². The maximum atomic E-state index is 13.6. The van der Waals surface area contributed by atoms with Gasteiger partial charge in [0, 0.05) is 36.2 Å². The molecular formula is C20H22BrFN2O. The van der Waals surface area contributed by atoms with Crippen molar-refractivity contribution in [1.29, 1.82) is 0 Å². The number of anilines is 1. The number of nitrogens with one attached hydrogen (secondary N) is 1. The molecule has 3 rings (SSSR count). The number of rotatable bonds is 6. The number of amides is 1. The molecule has 1 atom stereocenters. The van der Waals surface area contributed by atoms with Crippen molar-refractivity contribution >= 4 is 27.5 Å². The van der Waals surface area contributed by atoms with Crippen molar-refractivity contribution in [2.24, 2.45) is 5.92 Å². The van der Waals surface area contributed by atoms with Crippen LogP contribution in [-0.4, -0.2) is 25.5 Å². The molecule has 2 aromatic carbocycles. The molecule has 1 unspecified atom stereocenters. The highest BCUT2D eigenvalue weighted by atomic mass is 79.9. The molecule has 1 aliphatic heterocycles. The maximum Gasteiger partial charge on any atom is 0.220 e. The molecule has 5 heteroatoms. The highest BCUT2D eigenvalue weighted by Gasteiger charge is 2.23. The number of benzene rings is 2. The minimum absolute atomic E-state index is 0.0100. The standard InChI is InChI=1S/C20H22BrFN2O/c21-17-5-3-6-18(12-17)24-11-10-15(14-24)13-23-20(25)9-8-16-4-1-2-7-19(16)22/h1-7,12,15H,8-11,13-14H2,(H,23,25). The minimum atomic E-state index is -0.240. The van der Waals surface area contributed by atoms with E-state index in [0.29, 0.717) is 30.9 Å². The summed E-state index contributed by atoms with van der Waals surface area (Å²) < 4.78 is 14.6. The predicted octanol–water partition coefficient (Wildman–Crippen LogP) is 4.16. The van der Waals surface area contributed by atoms with Gasteiger partial charge in [0.2, 0.25) is 5.91 Å². The maximum absolute atomic E-state index is 13.6. The lowest BCUT2D eigenvalue weighted by atomic mass is 10.1. The quantitative estimate of drug-likeness (QED) is 0.783. The third-order valence-corrected chi connectivity index (χ3v) is 5.12. The third kappa shape index (κ3) is 5.05. The van der Waals surface area contributed by atoms with Gasteiger partial charge in [-0.2, -0.15) is 0 Å². The van der Waals surface area contributed by atoms with Crippen LogP contribution in [0.25, 0.3) is 0 Å². The van der Waals surface area contributed by atoms with Crippen molar-refractivity contribution < 1.29 is 9.18 Å². The first kappa shape index (κ1) is 17.9. The minimum Gasteiger partial charge on any atom is -0.371 e. The number of hydrogen-bond acceptors (Lipinski definition) is 2. The summed E-state index contributed by atoms with van der Waals surface area (Å²) >= 11 is 3.51. The van der Waals surface area contributed by atoms with E-state index in [1.165, 1.54) is 11.8 Å². The number of hydrogen-bond donors (Lipinski definition) is 1. The zero-order valence-corrected chi connectivity index (χ0v) is 15.6. The Hall–Kier alpha value is -1.88. The molecule has 2 aromatic rings. The average Bonchev–Trinajstić information content (AvgIpc) is 3.08. The molecule has 25 heavy (non-hydrogen) atoms. The van der Waals surface area contributed by atoms with Gasteiger partial charge in [0.1, 0.15) is 5.82 Å². The SMILES string of the molecule is O=C(CCc1ccccc1F)NCC1CCN(c2cccc(Br)c2)C1. The highest BCUT2D eigenvalue weighted by Crippen LogP contribution is 2.25. The zero-order chi connectivity index (χ0) is 17.6. The van der Waals surface area contributed by atoms with Gasteiger partial charge in [-0.25, -0.2) is 4.39 Å². The summed E-state index contributed by atoms with van der Waals surface area (Å²) in [6.07, 6.45) is 1.83. The molecule has 3 nitrogen and oxygen atoms in total. The van der Waals surface area contributed by atoms with E-state index in [2.05, 4.69) is 38.3 Å². The highest BCUT2D eigenvalue weighted by molar-refractivity contribution is 9.10. The van der Waals surface area contributed by atoms with Gasteiger partial charge >= 0.3 is 0 Å². The molecule has 0 spiro atoms. The molecule has 132 valence electrons. The van der Waals surface area contributed by atoms with Crippen LogP contribution in [0.3, 0.4) is 0 Å². The number of aryl methyl sites for hydroxylation is 1. The van der Waals surface area contributed by atoms with Gasteiger partial charge in [-0.1, -0.05) is 40.2 Å². The molecule has 1 saturated heterocycles. The van der Waals surface area contributed by atoms with Crippen LogP contribution in [0.2, 0.25) is 0 Å². The monoisotopic (exact) mass is 404 g/mol. The van der Waals surface area contributed by atoms with Crippen LogP contribution in [0.1, 0.15) is 18.4 Å². The van der Waals surface area contributed by atoms with Gasteiger partial charge in [-0.15, -0.1) is 0 Å². The van der Waals surface area contributed by atoms with Crippen molar-refractivity contribution in [3.05, 3.63) is 64.4 Å². The number of carbonyl (C=O) groups excluding carboxylic acids is 1. The lowest BCUT2D eigenvalue weighted by Gasteiger charge is -2.19. The smallest absolute Gasteiger partial charge is 0.220 e.